The molecule has 4 N–H and O–H groups in total. The van der Waals surface area contributed by atoms with Crippen molar-refractivity contribution in [1.29, 1.82) is 0 Å². The smallest absolute Gasteiger partial charge is 0.402 e. The van der Waals surface area contributed by atoms with Crippen LogP contribution in [-0.4, -0.2) is 50.0 Å². The lowest BCUT2D eigenvalue weighted by Gasteiger charge is -2.13. The van der Waals surface area contributed by atoms with Crippen LogP contribution in [0.3, 0.4) is 0 Å². The summed E-state index contributed by atoms with van der Waals surface area (Å²) in [6, 6.07) is -1.90. The van der Waals surface area contributed by atoms with E-state index in [1.165, 1.54) is 4.72 Å². The van der Waals surface area contributed by atoms with Crippen molar-refractivity contribution in [2.75, 3.05) is 13.2 Å². The fourth-order valence-corrected chi connectivity index (χ4v) is 1.56. The zero-order valence-electron chi connectivity index (χ0n) is 7.65. The predicted octanol–water partition coefficient (Wildman–Crippen LogP) is -1.58. The topological polar surface area (TPSA) is 116 Å². The molecule has 0 fully saturated rings. The molecular formula is C5H9F3N2O5S. The number of nitrogens with one attached hydrogen (secondary N) is 2. The molecule has 0 aromatic heterocycles. The van der Waals surface area contributed by atoms with E-state index in [9.17, 15) is 26.4 Å². The molecule has 0 aliphatic carbocycles. The molecule has 0 saturated carbocycles. The van der Waals surface area contributed by atoms with Crippen LogP contribution < -0.4 is 9.44 Å². The second-order valence-corrected chi connectivity index (χ2v) is 4.16. The number of halogens is 3. The Bertz CT molecular complexity index is 340. The second-order valence-electron chi connectivity index (χ2n) is 2.63. The minimum atomic E-state index is -4.76. The minimum absolute atomic E-state index is 1.08. The van der Waals surface area contributed by atoms with Gasteiger partial charge in [0.2, 0.25) is 0 Å². The van der Waals surface area contributed by atoms with Gasteiger partial charge in [-0.1, -0.05) is 0 Å². The van der Waals surface area contributed by atoms with Crippen LogP contribution >= 0.6 is 0 Å². The summed E-state index contributed by atoms with van der Waals surface area (Å²) >= 11 is 0. The molecule has 0 bridgehead atoms. The fraction of sp³-hybridized carbons (Fsp3) is 0.800. The molecule has 0 radical (unpaired) electrons. The molecule has 0 aliphatic heterocycles. The van der Waals surface area contributed by atoms with E-state index in [1.807, 2.05) is 0 Å². The molecule has 0 spiro atoms. The number of aliphatic hydroxyl groups excluding tert-OH is 1. The Morgan fingerprint density at radius 1 is 1.38 bits per heavy atom. The predicted molar refractivity (Wildman–Crippen MR) is 44.6 cm³/mol. The van der Waals surface area contributed by atoms with Crippen LogP contribution in [0.25, 0.3) is 0 Å². The third-order valence-corrected chi connectivity index (χ3v) is 2.36. The first-order chi connectivity index (χ1) is 7.07. The van der Waals surface area contributed by atoms with Crippen molar-refractivity contribution < 1.29 is 36.6 Å². The van der Waals surface area contributed by atoms with Crippen molar-refractivity contribution >= 4 is 16.2 Å². The lowest BCUT2D eigenvalue weighted by atomic mass is 10.3. The molecule has 0 aromatic carbocycles. The number of carbonyl (C=O) groups is 1. The number of aliphatic hydroxyl groups is 1. The average molecular weight is 266 g/mol. The van der Waals surface area contributed by atoms with E-state index in [0.29, 0.717) is 0 Å². The molecule has 0 saturated heterocycles. The Hall–Kier alpha value is -0.910. The van der Waals surface area contributed by atoms with Crippen LogP contribution in [0, 0.1) is 0 Å². The van der Waals surface area contributed by atoms with Crippen LogP contribution in [0.1, 0.15) is 0 Å². The molecular weight excluding hydrogens is 257 g/mol. The molecule has 0 rings (SSSR count). The first kappa shape index (κ1) is 15.1. The highest BCUT2D eigenvalue weighted by atomic mass is 32.2. The second kappa shape index (κ2) is 5.43. The van der Waals surface area contributed by atoms with Crippen LogP contribution in [0.15, 0.2) is 0 Å². The van der Waals surface area contributed by atoms with Gasteiger partial charge in [0, 0.05) is 0 Å². The molecule has 96 valence electrons. The molecule has 0 aromatic rings. The Kier molecular flexibility index (Phi) is 5.12. The van der Waals surface area contributed by atoms with Crippen LogP contribution in [-0.2, 0) is 15.0 Å². The summed E-state index contributed by atoms with van der Waals surface area (Å²) in [5, 5.41) is 16.8. The number of hydrogen-bond donors (Lipinski definition) is 4. The van der Waals surface area contributed by atoms with Crippen LogP contribution in [0.2, 0.25) is 0 Å². The highest BCUT2D eigenvalue weighted by Gasteiger charge is 2.31. The van der Waals surface area contributed by atoms with E-state index >= 15 is 0 Å². The molecule has 1 atom stereocenters. The molecule has 11 heteroatoms. The molecule has 16 heavy (non-hydrogen) atoms. The average Bonchev–Trinajstić information content (AvgIpc) is 2.10. The van der Waals surface area contributed by atoms with Gasteiger partial charge in [0.1, 0.15) is 12.6 Å². The summed E-state index contributed by atoms with van der Waals surface area (Å²) in [5.74, 6) is -1.71. The maximum atomic E-state index is 11.6. The van der Waals surface area contributed by atoms with Gasteiger partial charge >= 0.3 is 12.1 Å². The van der Waals surface area contributed by atoms with Crippen molar-refractivity contribution in [1.82, 2.24) is 9.44 Å². The molecule has 1 unspecified atom stereocenters. The van der Waals surface area contributed by atoms with Gasteiger partial charge in [-0.2, -0.15) is 31.0 Å². The summed E-state index contributed by atoms with van der Waals surface area (Å²) in [6.07, 6.45) is -4.76. The van der Waals surface area contributed by atoms with Gasteiger partial charge in [0.05, 0.1) is 6.61 Å². The number of alkyl halides is 3. The van der Waals surface area contributed by atoms with Crippen molar-refractivity contribution in [3.05, 3.63) is 0 Å². The van der Waals surface area contributed by atoms with Crippen molar-refractivity contribution in [3.8, 4) is 0 Å². The lowest BCUT2D eigenvalue weighted by molar-refractivity contribution is -0.139. The number of carboxylic acid groups (broad SMARTS) is 1. The molecule has 0 heterocycles. The summed E-state index contributed by atoms with van der Waals surface area (Å²) < 4.78 is 59.0. The van der Waals surface area contributed by atoms with Crippen molar-refractivity contribution in [3.63, 3.8) is 0 Å². The van der Waals surface area contributed by atoms with Gasteiger partial charge in [-0.25, -0.2) is 0 Å². The normalized spacial score (nSPS) is 14.8. The number of hydrogen-bond acceptors (Lipinski definition) is 4. The van der Waals surface area contributed by atoms with Crippen LogP contribution in [0.4, 0.5) is 13.2 Å². The van der Waals surface area contributed by atoms with Gasteiger partial charge in [-0.05, 0) is 0 Å². The van der Waals surface area contributed by atoms with E-state index in [1.54, 1.807) is 0 Å². The lowest BCUT2D eigenvalue weighted by Crippen LogP contribution is -2.49. The van der Waals surface area contributed by atoms with E-state index in [4.69, 9.17) is 10.2 Å². The van der Waals surface area contributed by atoms with Crippen LogP contribution in [0.5, 0.6) is 0 Å². The zero-order valence-corrected chi connectivity index (χ0v) is 8.47. The third-order valence-electron chi connectivity index (χ3n) is 1.24. The Labute approximate surface area is 88.4 Å². The maximum Gasteiger partial charge on any atom is 0.402 e. The summed E-state index contributed by atoms with van der Waals surface area (Å²) in [6.45, 7) is -2.91. The summed E-state index contributed by atoms with van der Waals surface area (Å²) in [7, 11) is -4.63. The summed E-state index contributed by atoms with van der Waals surface area (Å²) in [4.78, 5) is 10.3. The van der Waals surface area contributed by atoms with Gasteiger partial charge in [0.25, 0.3) is 10.2 Å². The Balaban J connectivity index is 4.41. The largest absolute Gasteiger partial charge is 0.480 e. The monoisotopic (exact) mass is 266 g/mol. The van der Waals surface area contributed by atoms with E-state index in [-0.39, 0.29) is 0 Å². The highest BCUT2D eigenvalue weighted by molar-refractivity contribution is 7.87. The van der Waals surface area contributed by atoms with Crippen molar-refractivity contribution in [2.24, 2.45) is 0 Å². The molecule has 7 nitrogen and oxygen atoms in total. The van der Waals surface area contributed by atoms with E-state index in [2.05, 4.69) is 0 Å². The van der Waals surface area contributed by atoms with Gasteiger partial charge in [0.15, 0.2) is 0 Å². The Morgan fingerprint density at radius 3 is 2.19 bits per heavy atom. The standard InChI is InChI=1S/C5H9F3N2O5S/c6-5(7,8)2-9-16(14,15)10-3(1-11)4(12)13/h3,9-11H,1-2H2,(H,12,13). The number of aliphatic carboxylic acids is 1. The quantitative estimate of drug-likeness (QED) is 0.463. The zero-order chi connectivity index (χ0) is 13.0. The Morgan fingerprint density at radius 2 is 1.88 bits per heavy atom. The van der Waals surface area contributed by atoms with Gasteiger partial charge < -0.3 is 10.2 Å². The van der Waals surface area contributed by atoms with Gasteiger partial charge in [-0.15, -0.1) is 0 Å². The first-order valence-electron chi connectivity index (χ1n) is 3.75. The summed E-state index contributed by atoms with van der Waals surface area (Å²) in [5.41, 5.74) is 0. The number of carboxylic acids is 1. The van der Waals surface area contributed by atoms with Crippen molar-refractivity contribution in [2.45, 2.75) is 12.2 Å². The fourth-order valence-electron chi connectivity index (χ4n) is 0.572. The third kappa shape index (κ3) is 6.55. The van der Waals surface area contributed by atoms with E-state index < -0.39 is 41.5 Å². The SMILES string of the molecule is O=C(O)C(CO)NS(=O)(=O)NCC(F)(F)F. The van der Waals surface area contributed by atoms with Gasteiger partial charge in [-0.3, -0.25) is 4.79 Å². The van der Waals surface area contributed by atoms with E-state index in [0.717, 1.165) is 4.72 Å². The first-order valence-corrected chi connectivity index (χ1v) is 5.23. The maximum absolute atomic E-state index is 11.6. The number of rotatable bonds is 6. The minimum Gasteiger partial charge on any atom is -0.480 e. The molecule has 0 aliphatic rings. The molecule has 0 amide bonds. The highest BCUT2D eigenvalue weighted by Crippen LogP contribution is 2.12.